The Morgan fingerprint density at radius 2 is 1.96 bits per heavy atom. The van der Waals surface area contributed by atoms with E-state index in [1.807, 2.05) is 42.5 Å². The molecule has 1 unspecified atom stereocenters. The van der Waals surface area contributed by atoms with Gasteiger partial charge in [0.2, 0.25) is 0 Å². The molecule has 1 aliphatic rings. The van der Waals surface area contributed by atoms with Gasteiger partial charge in [0.1, 0.15) is 11.5 Å². The lowest BCUT2D eigenvalue weighted by Gasteiger charge is -2.06. The molecule has 2 aromatic carbocycles. The molecule has 0 fully saturated rings. The van der Waals surface area contributed by atoms with E-state index < -0.39 is 0 Å². The van der Waals surface area contributed by atoms with Gasteiger partial charge in [-0.2, -0.15) is 0 Å². The molecule has 25 heavy (non-hydrogen) atoms. The zero-order chi connectivity index (χ0) is 17.6. The summed E-state index contributed by atoms with van der Waals surface area (Å²) in [6.45, 7) is 2.08. The Balaban J connectivity index is 1.68. The number of carbonyl (C=O) groups excluding carboxylic acids is 1. The number of hydrogen-bond acceptors (Lipinski definition) is 3. The Labute approximate surface area is 148 Å². The van der Waals surface area contributed by atoms with Crippen molar-refractivity contribution in [2.24, 2.45) is 5.92 Å². The maximum absolute atomic E-state index is 12.1. The topological polar surface area (TPSA) is 35.5 Å². The fourth-order valence-corrected chi connectivity index (χ4v) is 2.85. The summed E-state index contributed by atoms with van der Waals surface area (Å²) in [6.07, 6.45) is 11.2. The lowest BCUT2D eigenvalue weighted by molar-refractivity contribution is -0.133. The molecule has 0 radical (unpaired) electrons. The Morgan fingerprint density at radius 1 is 1.16 bits per heavy atom. The molecule has 0 heterocycles. The number of ether oxygens (including phenoxy) is 2. The number of carbonyl (C=O) groups is 1. The molecule has 0 aliphatic heterocycles. The van der Waals surface area contributed by atoms with Gasteiger partial charge in [0, 0.05) is 12.5 Å². The molecule has 128 valence electrons. The molecule has 0 N–H and O–H groups in total. The molecule has 1 atom stereocenters. The van der Waals surface area contributed by atoms with Crippen molar-refractivity contribution in [2.75, 3.05) is 7.11 Å². The zero-order valence-corrected chi connectivity index (χ0v) is 14.6. The Hall–Kier alpha value is -2.81. The lowest BCUT2D eigenvalue weighted by atomic mass is 10.1. The lowest BCUT2D eigenvalue weighted by Crippen LogP contribution is -2.01. The molecule has 0 bridgehead atoms. The number of allylic oxidation sites excluding steroid dienone is 4. The molecule has 0 amide bonds. The van der Waals surface area contributed by atoms with E-state index in [2.05, 4.69) is 19.1 Å². The van der Waals surface area contributed by atoms with Gasteiger partial charge in [-0.05, 0) is 59.0 Å². The van der Waals surface area contributed by atoms with Gasteiger partial charge in [-0.3, -0.25) is 0 Å². The summed E-state index contributed by atoms with van der Waals surface area (Å²) in [5.74, 6) is 1.54. The summed E-state index contributed by atoms with van der Waals surface area (Å²) in [6, 6.07) is 12.0. The Morgan fingerprint density at radius 3 is 2.80 bits per heavy atom. The summed E-state index contributed by atoms with van der Waals surface area (Å²) >= 11 is 0. The van der Waals surface area contributed by atoms with Crippen LogP contribution in [0.3, 0.4) is 0 Å². The maximum atomic E-state index is 12.1. The molecule has 0 saturated carbocycles. The third-order valence-electron chi connectivity index (χ3n) is 4.16. The highest BCUT2D eigenvalue weighted by Gasteiger charge is 2.08. The van der Waals surface area contributed by atoms with Crippen molar-refractivity contribution in [3.05, 3.63) is 72.0 Å². The van der Waals surface area contributed by atoms with Gasteiger partial charge >= 0.3 is 5.97 Å². The Kier molecular flexibility index (Phi) is 5.34. The minimum Gasteiger partial charge on any atom is -0.497 e. The zero-order valence-electron chi connectivity index (χ0n) is 14.6. The molecule has 3 heteroatoms. The number of esters is 1. The average molecular weight is 334 g/mol. The number of methoxy groups -OCH3 is 1. The van der Waals surface area contributed by atoms with Crippen LogP contribution in [0.15, 0.2) is 66.5 Å². The minimum absolute atomic E-state index is 0.298. The van der Waals surface area contributed by atoms with Crippen molar-refractivity contribution in [3.8, 4) is 5.75 Å². The molecule has 3 nitrogen and oxygen atoms in total. The fourth-order valence-electron chi connectivity index (χ4n) is 2.85. The second-order valence-electron chi connectivity index (χ2n) is 6.19. The van der Waals surface area contributed by atoms with Gasteiger partial charge in [0.05, 0.1) is 7.11 Å². The van der Waals surface area contributed by atoms with E-state index in [4.69, 9.17) is 9.47 Å². The first kappa shape index (κ1) is 17.0. The van der Waals surface area contributed by atoms with Crippen LogP contribution in [0.25, 0.3) is 16.8 Å². The van der Waals surface area contributed by atoms with Crippen molar-refractivity contribution < 1.29 is 14.3 Å². The van der Waals surface area contributed by atoms with Gasteiger partial charge in [0.25, 0.3) is 0 Å². The van der Waals surface area contributed by atoms with Crippen LogP contribution in [-0.4, -0.2) is 13.1 Å². The first-order valence-electron chi connectivity index (χ1n) is 8.49. The number of rotatable bonds is 4. The predicted molar refractivity (Wildman–Crippen MR) is 101 cm³/mol. The maximum Gasteiger partial charge on any atom is 0.335 e. The van der Waals surface area contributed by atoms with Gasteiger partial charge < -0.3 is 9.47 Å². The standard InChI is InChI=1S/C22H22O3/c1-16-5-3-4-6-21(13-16)25-22(23)12-8-17-7-9-19-15-20(24-2)11-10-18(19)14-17/h3,5,7-16H,4,6H2,1-2H3/b12-8+. The molecular formula is C22H22O3. The van der Waals surface area contributed by atoms with Crippen molar-refractivity contribution in [1.82, 2.24) is 0 Å². The van der Waals surface area contributed by atoms with Crippen LogP contribution in [0, 0.1) is 5.92 Å². The van der Waals surface area contributed by atoms with E-state index in [9.17, 15) is 4.79 Å². The molecule has 1 aliphatic carbocycles. The summed E-state index contributed by atoms with van der Waals surface area (Å²) < 4.78 is 10.7. The first-order chi connectivity index (χ1) is 12.1. The Bertz CT molecular complexity index is 859. The van der Waals surface area contributed by atoms with E-state index >= 15 is 0 Å². The summed E-state index contributed by atoms with van der Waals surface area (Å²) in [5.41, 5.74) is 0.958. The number of fused-ring (bicyclic) bond motifs is 1. The third kappa shape index (κ3) is 4.60. The van der Waals surface area contributed by atoms with Gasteiger partial charge in [-0.15, -0.1) is 0 Å². The highest BCUT2D eigenvalue weighted by molar-refractivity contribution is 5.90. The highest BCUT2D eigenvalue weighted by atomic mass is 16.5. The molecule has 0 spiro atoms. The van der Waals surface area contributed by atoms with E-state index in [-0.39, 0.29) is 5.97 Å². The van der Waals surface area contributed by atoms with E-state index in [1.165, 1.54) is 6.08 Å². The van der Waals surface area contributed by atoms with Crippen molar-refractivity contribution >= 4 is 22.8 Å². The SMILES string of the molecule is COc1ccc2cc(/C=C/C(=O)OC3=CC(C)C=CCC3)ccc2c1. The van der Waals surface area contributed by atoms with Crippen LogP contribution in [0.4, 0.5) is 0 Å². The molecule has 0 aromatic heterocycles. The van der Waals surface area contributed by atoms with Gasteiger partial charge in [-0.25, -0.2) is 4.79 Å². The highest BCUT2D eigenvalue weighted by Crippen LogP contribution is 2.22. The minimum atomic E-state index is -0.338. The third-order valence-corrected chi connectivity index (χ3v) is 4.16. The predicted octanol–water partition coefficient (Wildman–Crippen LogP) is 5.27. The molecule has 0 saturated heterocycles. The number of benzene rings is 2. The second-order valence-corrected chi connectivity index (χ2v) is 6.19. The first-order valence-corrected chi connectivity index (χ1v) is 8.49. The van der Waals surface area contributed by atoms with E-state index in [1.54, 1.807) is 13.2 Å². The van der Waals surface area contributed by atoms with Crippen LogP contribution in [0.2, 0.25) is 0 Å². The summed E-state index contributed by atoms with van der Waals surface area (Å²) in [4.78, 5) is 12.1. The quantitative estimate of drug-likeness (QED) is 0.434. The molecule has 2 aromatic rings. The summed E-state index contributed by atoms with van der Waals surface area (Å²) in [7, 11) is 1.66. The second kappa shape index (κ2) is 7.84. The molecular weight excluding hydrogens is 312 g/mol. The van der Waals surface area contributed by atoms with Crippen LogP contribution < -0.4 is 4.74 Å². The average Bonchev–Trinajstić information content (AvgIpc) is 2.83. The van der Waals surface area contributed by atoms with Crippen LogP contribution in [0.1, 0.15) is 25.3 Å². The van der Waals surface area contributed by atoms with Crippen molar-refractivity contribution in [1.29, 1.82) is 0 Å². The smallest absolute Gasteiger partial charge is 0.335 e. The monoisotopic (exact) mass is 334 g/mol. The van der Waals surface area contributed by atoms with Crippen LogP contribution in [0.5, 0.6) is 5.75 Å². The number of hydrogen-bond donors (Lipinski definition) is 0. The fraction of sp³-hybridized carbons (Fsp3) is 0.227. The van der Waals surface area contributed by atoms with Crippen LogP contribution in [-0.2, 0) is 9.53 Å². The largest absolute Gasteiger partial charge is 0.497 e. The van der Waals surface area contributed by atoms with E-state index in [0.29, 0.717) is 5.92 Å². The van der Waals surface area contributed by atoms with Gasteiger partial charge in [0.15, 0.2) is 0 Å². The molecule has 3 rings (SSSR count). The normalized spacial score (nSPS) is 17.4. The summed E-state index contributed by atoms with van der Waals surface area (Å²) in [5, 5.41) is 2.20. The van der Waals surface area contributed by atoms with Crippen LogP contribution >= 0.6 is 0 Å². The van der Waals surface area contributed by atoms with Crippen molar-refractivity contribution in [3.63, 3.8) is 0 Å². The van der Waals surface area contributed by atoms with Crippen molar-refractivity contribution in [2.45, 2.75) is 19.8 Å². The van der Waals surface area contributed by atoms with E-state index in [0.717, 1.165) is 40.7 Å². The van der Waals surface area contributed by atoms with Gasteiger partial charge in [-0.1, -0.05) is 37.3 Å².